The van der Waals surface area contributed by atoms with Crippen molar-refractivity contribution in [3.05, 3.63) is 53.7 Å². The molecule has 1 N–H and O–H groups in total. The number of hydrogen-bond donors (Lipinski definition) is 1. The first-order valence-corrected chi connectivity index (χ1v) is 10.1. The van der Waals surface area contributed by atoms with Gasteiger partial charge in [0.05, 0.1) is 5.56 Å². The molecule has 1 aromatic heterocycles. The molecule has 31 heavy (non-hydrogen) atoms. The summed E-state index contributed by atoms with van der Waals surface area (Å²) in [6, 6.07) is 9.27. The molecule has 3 rings (SSSR count). The Morgan fingerprint density at radius 2 is 2.00 bits per heavy atom. The Bertz CT molecular complexity index is 874. The standard InChI is InChI=1S/C22H26F3N3O3/c1-16(29)17-4-2-5-20(12-17)31-15-19(30)14-27-8-3-9-28(11-10-27)21-7-6-18(13-26-21)22(23,24)25/h2,4-7,12-13,19,30H,3,8-11,14-15H2,1H3. The Morgan fingerprint density at radius 3 is 2.68 bits per heavy atom. The highest BCUT2D eigenvalue weighted by molar-refractivity contribution is 5.94. The first-order valence-electron chi connectivity index (χ1n) is 10.1. The molecule has 168 valence electrons. The topological polar surface area (TPSA) is 65.9 Å². The fraction of sp³-hybridized carbons (Fsp3) is 0.455. The van der Waals surface area contributed by atoms with Gasteiger partial charge in [-0.15, -0.1) is 0 Å². The van der Waals surface area contributed by atoms with Gasteiger partial charge in [-0.25, -0.2) is 4.98 Å². The molecule has 1 aliphatic heterocycles. The van der Waals surface area contributed by atoms with Crippen LogP contribution in [0.25, 0.3) is 0 Å². The van der Waals surface area contributed by atoms with Crippen LogP contribution in [-0.2, 0) is 6.18 Å². The molecule has 2 aromatic rings. The van der Waals surface area contributed by atoms with Crippen molar-refractivity contribution in [3.8, 4) is 5.75 Å². The van der Waals surface area contributed by atoms with Crippen molar-refractivity contribution >= 4 is 11.6 Å². The lowest BCUT2D eigenvalue weighted by atomic mass is 10.1. The molecule has 1 aliphatic rings. The molecule has 0 bridgehead atoms. The summed E-state index contributed by atoms with van der Waals surface area (Å²) in [7, 11) is 0. The zero-order chi connectivity index (χ0) is 22.4. The summed E-state index contributed by atoms with van der Waals surface area (Å²) in [4.78, 5) is 19.5. The van der Waals surface area contributed by atoms with Gasteiger partial charge >= 0.3 is 6.18 Å². The third-order valence-corrected chi connectivity index (χ3v) is 5.14. The number of benzene rings is 1. The second-order valence-corrected chi connectivity index (χ2v) is 7.59. The summed E-state index contributed by atoms with van der Waals surface area (Å²) in [5, 5.41) is 10.4. The maximum atomic E-state index is 12.7. The van der Waals surface area contributed by atoms with Crippen molar-refractivity contribution in [1.82, 2.24) is 9.88 Å². The van der Waals surface area contributed by atoms with Crippen LogP contribution in [0.3, 0.4) is 0 Å². The Kier molecular flexibility index (Phi) is 7.50. The normalized spacial score (nSPS) is 16.6. The lowest BCUT2D eigenvalue weighted by molar-refractivity contribution is -0.137. The predicted molar refractivity (Wildman–Crippen MR) is 110 cm³/mol. The number of nitrogens with zero attached hydrogens (tertiary/aromatic N) is 3. The van der Waals surface area contributed by atoms with E-state index in [4.69, 9.17) is 4.74 Å². The Labute approximate surface area is 179 Å². The van der Waals surface area contributed by atoms with Gasteiger partial charge in [0.2, 0.25) is 0 Å². The summed E-state index contributed by atoms with van der Waals surface area (Å²) in [5.74, 6) is 0.994. The number of rotatable bonds is 7. The largest absolute Gasteiger partial charge is 0.491 e. The number of pyridine rings is 1. The number of carbonyl (C=O) groups excluding carboxylic acids is 1. The van der Waals surface area contributed by atoms with E-state index in [0.29, 0.717) is 43.3 Å². The minimum atomic E-state index is -4.40. The van der Waals surface area contributed by atoms with E-state index in [1.807, 2.05) is 4.90 Å². The zero-order valence-electron chi connectivity index (χ0n) is 17.3. The third-order valence-electron chi connectivity index (χ3n) is 5.14. The van der Waals surface area contributed by atoms with Crippen molar-refractivity contribution in [2.75, 3.05) is 44.2 Å². The summed E-state index contributed by atoms with van der Waals surface area (Å²) in [6.07, 6.45) is -3.44. The molecule has 0 saturated carbocycles. The van der Waals surface area contributed by atoms with Gasteiger partial charge in [0.15, 0.2) is 5.78 Å². The zero-order valence-corrected chi connectivity index (χ0v) is 17.3. The molecule has 1 fully saturated rings. The molecular formula is C22H26F3N3O3. The molecule has 0 spiro atoms. The van der Waals surface area contributed by atoms with E-state index >= 15 is 0 Å². The smallest absolute Gasteiger partial charge is 0.417 e. The molecule has 0 amide bonds. The number of aliphatic hydroxyl groups is 1. The highest BCUT2D eigenvalue weighted by Gasteiger charge is 2.31. The van der Waals surface area contributed by atoms with Crippen molar-refractivity contribution in [3.63, 3.8) is 0 Å². The first kappa shape index (κ1) is 23.0. The Balaban J connectivity index is 1.48. The van der Waals surface area contributed by atoms with Crippen molar-refractivity contribution in [2.24, 2.45) is 0 Å². The van der Waals surface area contributed by atoms with Crippen LogP contribution in [0.4, 0.5) is 19.0 Å². The second kappa shape index (κ2) is 10.1. The van der Waals surface area contributed by atoms with Gasteiger partial charge < -0.3 is 14.7 Å². The van der Waals surface area contributed by atoms with Gasteiger partial charge in [-0.3, -0.25) is 9.69 Å². The Hall–Kier alpha value is -2.65. The second-order valence-electron chi connectivity index (χ2n) is 7.59. The number of β-amino-alcohol motifs (C(OH)–C–C–N with tert-alkyl or cyclic N) is 1. The number of carbonyl (C=O) groups is 1. The molecular weight excluding hydrogens is 411 g/mol. The van der Waals surface area contributed by atoms with Crippen LogP contribution in [0.5, 0.6) is 5.75 Å². The number of hydrogen-bond acceptors (Lipinski definition) is 6. The minimum absolute atomic E-state index is 0.0531. The third kappa shape index (κ3) is 6.67. The SMILES string of the molecule is CC(=O)c1cccc(OCC(O)CN2CCCN(c3ccc(C(F)(F)F)cn3)CC2)c1. The number of halogens is 3. The molecule has 1 unspecified atom stereocenters. The van der Waals surface area contributed by atoms with Gasteiger partial charge in [-0.1, -0.05) is 12.1 Å². The highest BCUT2D eigenvalue weighted by Crippen LogP contribution is 2.29. The van der Waals surface area contributed by atoms with Crippen LogP contribution in [0.1, 0.15) is 29.3 Å². The van der Waals surface area contributed by atoms with E-state index in [1.165, 1.54) is 13.0 Å². The van der Waals surface area contributed by atoms with Gasteiger partial charge in [0, 0.05) is 37.9 Å². The van der Waals surface area contributed by atoms with E-state index in [9.17, 15) is 23.1 Å². The van der Waals surface area contributed by atoms with Crippen molar-refractivity contribution in [2.45, 2.75) is 25.6 Å². The van der Waals surface area contributed by atoms with E-state index in [-0.39, 0.29) is 12.4 Å². The van der Waals surface area contributed by atoms with Crippen LogP contribution < -0.4 is 9.64 Å². The van der Waals surface area contributed by atoms with Gasteiger partial charge in [0.1, 0.15) is 24.3 Å². The van der Waals surface area contributed by atoms with Crippen LogP contribution >= 0.6 is 0 Å². The lowest BCUT2D eigenvalue weighted by Crippen LogP contribution is -2.38. The Morgan fingerprint density at radius 1 is 1.19 bits per heavy atom. The molecule has 0 radical (unpaired) electrons. The highest BCUT2D eigenvalue weighted by atomic mass is 19.4. The van der Waals surface area contributed by atoms with E-state index < -0.39 is 17.8 Å². The molecule has 2 heterocycles. The number of aromatic nitrogens is 1. The van der Waals surface area contributed by atoms with Crippen LogP contribution in [-0.4, -0.2) is 66.2 Å². The fourth-order valence-electron chi connectivity index (χ4n) is 3.47. The summed E-state index contributed by atoms with van der Waals surface area (Å²) < 4.78 is 43.8. The summed E-state index contributed by atoms with van der Waals surface area (Å²) in [6.45, 7) is 4.69. The molecule has 1 saturated heterocycles. The number of Topliss-reactive ketones (excluding diaryl/α,β-unsaturated/α-hetero) is 1. The number of ketones is 1. The average Bonchev–Trinajstić information content (AvgIpc) is 2.97. The van der Waals surface area contributed by atoms with E-state index in [0.717, 1.165) is 25.2 Å². The number of aliphatic hydroxyl groups excluding tert-OH is 1. The van der Waals surface area contributed by atoms with Crippen LogP contribution in [0, 0.1) is 0 Å². The number of ether oxygens (including phenoxy) is 1. The molecule has 9 heteroatoms. The summed E-state index contributed by atoms with van der Waals surface area (Å²) in [5.41, 5.74) is -0.207. The van der Waals surface area contributed by atoms with Crippen molar-refractivity contribution < 1.29 is 27.8 Å². The molecule has 1 atom stereocenters. The number of anilines is 1. The lowest BCUT2D eigenvalue weighted by Gasteiger charge is -2.24. The van der Waals surface area contributed by atoms with Crippen LogP contribution in [0.15, 0.2) is 42.6 Å². The van der Waals surface area contributed by atoms with Crippen molar-refractivity contribution in [1.29, 1.82) is 0 Å². The van der Waals surface area contributed by atoms with Crippen LogP contribution in [0.2, 0.25) is 0 Å². The molecule has 0 aliphatic carbocycles. The fourth-order valence-corrected chi connectivity index (χ4v) is 3.47. The minimum Gasteiger partial charge on any atom is -0.491 e. The van der Waals surface area contributed by atoms with Gasteiger partial charge in [-0.05, 0) is 44.2 Å². The quantitative estimate of drug-likeness (QED) is 0.671. The average molecular weight is 437 g/mol. The van der Waals surface area contributed by atoms with Gasteiger partial charge in [-0.2, -0.15) is 13.2 Å². The van der Waals surface area contributed by atoms with E-state index in [1.54, 1.807) is 24.3 Å². The maximum Gasteiger partial charge on any atom is 0.417 e. The van der Waals surface area contributed by atoms with E-state index in [2.05, 4.69) is 9.88 Å². The number of alkyl halides is 3. The van der Waals surface area contributed by atoms with Gasteiger partial charge in [0.25, 0.3) is 0 Å². The molecule has 1 aromatic carbocycles. The first-order chi connectivity index (χ1) is 14.7. The summed E-state index contributed by atoms with van der Waals surface area (Å²) >= 11 is 0. The predicted octanol–water partition coefficient (Wildman–Crippen LogP) is 3.26. The maximum absolute atomic E-state index is 12.7. The monoisotopic (exact) mass is 437 g/mol. The molecule has 6 nitrogen and oxygen atoms in total.